The lowest BCUT2D eigenvalue weighted by Gasteiger charge is -2.30. The summed E-state index contributed by atoms with van der Waals surface area (Å²) in [7, 11) is 3.60. The first-order valence-corrected chi connectivity index (χ1v) is 13.7. The Labute approximate surface area is 240 Å². The lowest BCUT2D eigenvalue weighted by molar-refractivity contribution is -0.186. The van der Waals surface area contributed by atoms with Crippen LogP contribution in [-0.2, 0) is 44.9 Å². The summed E-state index contributed by atoms with van der Waals surface area (Å²) < 4.78 is 23.4. The van der Waals surface area contributed by atoms with Gasteiger partial charge in [0.05, 0.1) is 17.4 Å². The summed E-state index contributed by atoms with van der Waals surface area (Å²) in [5.41, 5.74) is 0.711. The number of rotatable bonds is 14. The van der Waals surface area contributed by atoms with Gasteiger partial charge in [-0.1, -0.05) is 11.8 Å². The van der Waals surface area contributed by atoms with Crippen LogP contribution < -0.4 is 5.32 Å². The minimum absolute atomic E-state index is 0.203. The molecule has 0 fully saturated rings. The first-order valence-electron chi connectivity index (χ1n) is 12.0. The molecule has 0 aliphatic carbocycles. The number of aliphatic imine (C=N–C) groups is 1. The number of alkyl halides is 1. The number of nitrogens with one attached hydrogen (secondary N) is 1. The number of carbonyl (C=O) groups is 4. The summed E-state index contributed by atoms with van der Waals surface area (Å²) in [6, 6.07) is 0. The number of carbonyl (C=O) groups excluding carboxylic acids is 4. The predicted octanol–water partition coefficient (Wildman–Crippen LogP) is 2.34. The molecule has 0 bridgehead atoms. The summed E-state index contributed by atoms with van der Waals surface area (Å²) in [5.74, 6) is -2.29. The molecule has 16 heteroatoms. The van der Waals surface area contributed by atoms with Gasteiger partial charge < -0.3 is 33.7 Å². The van der Waals surface area contributed by atoms with Crippen LogP contribution in [0.3, 0.4) is 0 Å². The highest BCUT2D eigenvalue weighted by atomic mass is 35.5. The summed E-state index contributed by atoms with van der Waals surface area (Å²) in [4.78, 5) is 62.5. The van der Waals surface area contributed by atoms with Crippen molar-refractivity contribution < 1.29 is 38.1 Å². The summed E-state index contributed by atoms with van der Waals surface area (Å²) in [6.07, 6.45) is 1.84. The van der Waals surface area contributed by atoms with E-state index in [1.165, 1.54) is 39.5 Å². The van der Waals surface area contributed by atoms with Crippen molar-refractivity contribution in [3.63, 3.8) is 0 Å². The summed E-state index contributed by atoms with van der Waals surface area (Å²) in [5, 5.41) is 3.56. The van der Waals surface area contributed by atoms with Crippen LogP contribution in [0.25, 0.3) is 11.0 Å². The minimum atomic E-state index is -1.12. The molecule has 0 saturated heterocycles. The van der Waals surface area contributed by atoms with Gasteiger partial charge >= 0.3 is 17.9 Å². The molecule has 3 atom stereocenters. The summed E-state index contributed by atoms with van der Waals surface area (Å²) >= 11 is 7.01. The van der Waals surface area contributed by atoms with Gasteiger partial charge in [0.25, 0.3) is 0 Å². The molecule has 0 spiro atoms. The quantitative estimate of drug-likeness (QED) is 0.0641. The van der Waals surface area contributed by atoms with Gasteiger partial charge in [-0.05, 0) is 13.2 Å². The molecule has 14 nitrogen and oxygen atoms in total. The average Bonchev–Trinajstić information content (AvgIpc) is 3.22. The van der Waals surface area contributed by atoms with Crippen LogP contribution in [-0.4, -0.2) is 101 Å². The summed E-state index contributed by atoms with van der Waals surface area (Å²) in [6.45, 7) is 4.64. The molecule has 2 heterocycles. The number of thioether (sulfide) groups is 1. The average molecular weight is 601 g/mol. The maximum absolute atomic E-state index is 12.2. The van der Waals surface area contributed by atoms with Crippen LogP contribution in [0.5, 0.6) is 0 Å². The van der Waals surface area contributed by atoms with Crippen LogP contribution in [0.4, 0.5) is 11.5 Å². The fraction of sp³-hybridized carbons (Fsp3) is 0.542. The van der Waals surface area contributed by atoms with E-state index in [0.717, 1.165) is 0 Å². The second-order valence-electron chi connectivity index (χ2n) is 8.66. The predicted molar refractivity (Wildman–Crippen MR) is 149 cm³/mol. The number of nitrogens with zero attached hydrogens (tertiary/aromatic N) is 5. The highest BCUT2D eigenvalue weighted by Gasteiger charge is 2.34. The van der Waals surface area contributed by atoms with Crippen molar-refractivity contribution in [1.29, 1.82) is 0 Å². The van der Waals surface area contributed by atoms with Crippen LogP contribution >= 0.6 is 23.4 Å². The fourth-order valence-corrected chi connectivity index (χ4v) is 3.91. The Balaban J connectivity index is 2.58. The number of hydrogen-bond acceptors (Lipinski definition) is 12. The van der Waals surface area contributed by atoms with Crippen LogP contribution in [0.2, 0.25) is 0 Å². The van der Waals surface area contributed by atoms with Crippen molar-refractivity contribution in [3.05, 3.63) is 6.20 Å². The largest absolute Gasteiger partial charge is 0.463 e. The third kappa shape index (κ3) is 9.64. The molecule has 2 aromatic heterocycles. The number of hydrogen-bond donors (Lipinski definition) is 1. The van der Waals surface area contributed by atoms with Gasteiger partial charge in [-0.3, -0.25) is 19.2 Å². The van der Waals surface area contributed by atoms with Crippen molar-refractivity contribution in [2.24, 2.45) is 4.99 Å². The Morgan fingerprint density at radius 1 is 1.15 bits per heavy atom. The van der Waals surface area contributed by atoms with Gasteiger partial charge in [-0.25, -0.2) is 15.0 Å². The van der Waals surface area contributed by atoms with E-state index >= 15 is 0 Å². The molecule has 220 valence electrons. The lowest BCUT2D eigenvalue weighted by Crippen LogP contribution is -2.45. The zero-order valence-electron chi connectivity index (χ0n) is 23.3. The third-order valence-electron chi connectivity index (χ3n) is 5.03. The number of halogens is 1. The zero-order chi connectivity index (χ0) is 30.0. The molecule has 0 aromatic carbocycles. The fourth-order valence-electron chi connectivity index (χ4n) is 3.49. The number of anilines is 1. The maximum atomic E-state index is 12.2. The third-order valence-corrected chi connectivity index (χ3v) is 5.82. The van der Waals surface area contributed by atoms with E-state index in [2.05, 4.69) is 20.3 Å². The van der Waals surface area contributed by atoms with Gasteiger partial charge in [0.1, 0.15) is 31.4 Å². The minimum Gasteiger partial charge on any atom is -0.463 e. The van der Waals surface area contributed by atoms with Crippen molar-refractivity contribution in [3.8, 4) is 0 Å². The maximum Gasteiger partial charge on any atom is 0.303 e. The zero-order valence-corrected chi connectivity index (χ0v) is 24.9. The molecule has 1 amide bonds. The number of ether oxygens (including phenoxy) is 4. The molecule has 0 aliphatic heterocycles. The van der Waals surface area contributed by atoms with Gasteiger partial charge in [-0.2, -0.15) is 0 Å². The van der Waals surface area contributed by atoms with Crippen LogP contribution in [0.15, 0.2) is 16.3 Å². The number of fused-ring (bicyclic) bond motifs is 1. The van der Waals surface area contributed by atoms with Crippen LogP contribution in [0, 0.1) is 0 Å². The standard InChI is InChI=1S/C24H33ClN6O8S/c1-13(38-15(3)33)21(39-16(4)34)18(10-36-14(2)32)37-12-31-9-17(27-19(35)8-25)20-22(26-11-30(5)6)28-24(40-7)29-23(20)31/h9,11,13,18,21H,8,10,12H2,1-7H3,(H,27,35)/b26-11+/t13-,18+,21-/m0/s1. The van der Waals surface area contributed by atoms with Gasteiger partial charge in [0.2, 0.25) is 5.91 Å². The Bertz CT molecular complexity index is 1250. The Morgan fingerprint density at radius 2 is 1.82 bits per heavy atom. The van der Waals surface area contributed by atoms with Crippen molar-refractivity contribution in [1.82, 2.24) is 19.4 Å². The molecular formula is C24H33ClN6O8S. The van der Waals surface area contributed by atoms with E-state index < -0.39 is 42.1 Å². The van der Waals surface area contributed by atoms with E-state index in [1.54, 1.807) is 42.4 Å². The van der Waals surface area contributed by atoms with E-state index in [0.29, 0.717) is 27.7 Å². The molecular weight excluding hydrogens is 568 g/mol. The molecule has 0 saturated carbocycles. The lowest BCUT2D eigenvalue weighted by atomic mass is 10.1. The van der Waals surface area contributed by atoms with Crippen molar-refractivity contribution >= 4 is 76.1 Å². The molecule has 0 unspecified atom stereocenters. The molecule has 0 aliphatic rings. The number of amides is 1. The molecule has 1 N–H and O–H groups in total. The van der Waals surface area contributed by atoms with E-state index in [-0.39, 0.29) is 19.2 Å². The monoisotopic (exact) mass is 600 g/mol. The highest BCUT2D eigenvalue weighted by Crippen LogP contribution is 2.34. The normalized spacial score (nSPS) is 13.5. The van der Waals surface area contributed by atoms with Crippen molar-refractivity contribution in [2.75, 3.05) is 38.2 Å². The number of esters is 3. The van der Waals surface area contributed by atoms with E-state index in [4.69, 9.17) is 30.5 Å². The van der Waals surface area contributed by atoms with Gasteiger partial charge in [0.15, 0.2) is 22.7 Å². The second-order valence-corrected chi connectivity index (χ2v) is 9.70. The van der Waals surface area contributed by atoms with Crippen molar-refractivity contribution in [2.45, 2.75) is 57.9 Å². The van der Waals surface area contributed by atoms with E-state index in [9.17, 15) is 19.2 Å². The second kappa shape index (κ2) is 15.4. The molecule has 2 rings (SSSR count). The Morgan fingerprint density at radius 3 is 2.38 bits per heavy atom. The van der Waals surface area contributed by atoms with Gasteiger partial charge in [0, 0.05) is 41.1 Å². The smallest absolute Gasteiger partial charge is 0.303 e. The first-order chi connectivity index (χ1) is 18.9. The number of aromatic nitrogens is 3. The van der Waals surface area contributed by atoms with Gasteiger partial charge in [-0.15, -0.1) is 11.6 Å². The van der Waals surface area contributed by atoms with Crippen LogP contribution in [0.1, 0.15) is 27.7 Å². The van der Waals surface area contributed by atoms with E-state index in [1.807, 2.05) is 0 Å². The topological polar surface area (TPSA) is 164 Å². The Hall–Kier alpha value is -3.43. The molecule has 0 radical (unpaired) electrons. The highest BCUT2D eigenvalue weighted by molar-refractivity contribution is 7.98. The molecule has 40 heavy (non-hydrogen) atoms. The SMILES string of the molecule is CSc1nc(/N=C/N(C)C)c2c(NC(=O)CCl)cn(CO[C@H](COC(C)=O)[C@@H](OC(C)=O)[C@H](C)OC(C)=O)c2n1. The first kappa shape index (κ1) is 32.8. The Kier molecular flexibility index (Phi) is 12.6. The molecule has 2 aromatic rings.